The van der Waals surface area contributed by atoms with Gasteiger partial charge in [0.15, 0.2) is 4.80 Å². The van der Waals surface area contributed by atoms with Crippen LogP contribution in [0.25, 0.3) is 10.2 Å². The molecule has 2 heterocycles. The van der Waals surface area contributed by atoms with E-state index in [0.717, 1.165) is 23.1 Å². The SMILES string of the molecule is COC(=O)Cn1c(=NC(=O)c2ccc(S(=O)(=O)N3CCCC(C)C3)cc2)sc2ccc(Cl)c(C)c21. The van der Waals surface area contributed by atoms with Gasteiger partial charge < -0.3 is 9.30 Å². The second-order valence-corrected chi connectivity index (χ2v) is 12.0. The van der Waals surface area contributed by atoms with E-state index in [-0.39, 0.29) is 17.0 Å². The number of nitrogens with zero attached hydrogens (tertiary/aromatic N) is 3. The van der Waals surface area contributed by atoms with E-state index < -0.39 is 21.9 Å². The molecule has 0 aliphatic carbocycles. The molecule has 1 aliphatic rings. The lowest BCUT2D eigenvalue weighted by Gasteiger charge is -2.30. The maximum atomic E-state index is 13.0. The lowest BCUT2D eigenvalue weighted by atomic mass is 10.0. The zero-order chi connectivity index (χ0) is 25.3. The third-order valence-electron chi connectivity index (χ3n) is 6.10. The van der Waals surface area contributed by atoms with Gasteiger partial charge in [-0.25, -0.2) is 8.42 Å². The van der Waals surface area contributed by atoms with E-state index in [9.17, 15) is 18.0 Å². The first-order valence-electron chi connectivity index (χ1n) is 11.2. The molecule has 1 fully saturated rings. The first kappa shape index (κ1) is 25.6. The molecule has 0 radical (unpaired) electrons. The molecule has 11 heteroatoms. The average molecular weight is 536 g/mol. The predicted octanol–water partition coefficient (Wildman–Crippen LogP) is 4.00. The maximum Gasteiger partial charge on any atom is 0.325 e. The van der Waals surface area contributed by atoms with E-state index in [0.29, 0.717) is 34.3 Å². The molecule has 1 aliphatic heterocycles. The molecule has 1 saturated heterocycles. The van der Waals surface area contributed by atoms with Crippen LogP contribution in [0.1, 0.15) is 35.7 Å². The van der Waals surface area contributed by atoms with Crippen LogP contribution >= 0.6 is 22.9 Å². The zero-order valence-corrected chi connectivity index (χ0v) is 22.0. The second kappa shape index (κ2) is 10.2. The monoisotopic (exact) mass is 535 g/mol. The van der Waals surface area contributed by atoms with Gasteiger partial charge in [-0.2, -0.15) is 9.30 Å². The summed E-state index contributed by atoms with van der Waals surface area (Å²) in [5.74, 6) is -0.719. The van der Waals surface area contributed by atoms with Gasteiger partial charge >= 0.3 is 5.97 Å². The summed E-state index contributed by atoms with van der Waals surface area (Å²) >= 11 is 7.54. The Morgan fingerprint density at radius 3 is 2.57 bits per heavy atom. The van der Waals surface area contributed by atoms with Crippen LogP contribution in [0.5, 0.6) is 0 Å². The van der Waals surface area contributed by atoms with E-state index in [1.165, 1.54) is 47.0 Å². The molecule has 35 heavy (non-hydrogen) atoms. The van der Waals surface area contributed by atoms with Crippen molar-refractivity contribution in [3.05, 3.63) is 57.3 Å². The molecular weight excluding hydrogens is 510 g/mol. The van der Waals surface area contributed by atoms with Crippen molar-refractivity contribution in [3.63, 3.8) is 0 Å². The minimum atomic E-state index is -3.62. The fourth-order valence-corrected chi connectivity index (χ4v) is 7.01. The van der Waals surface area contributed by atoms with Gasteiger partial charge in [0.05, 0.1) is 22.2 Å². The number of sulfonamides is 1. The van der Waals surface area contributed by atoms with Crippen LogP contribution in [0, 0.1) is 12.8 Å². The van der Waals surface area contributed by atoms with E-state index >= 15 is 0 Å². The number of hydrogen-bond acceptors (Lipinski definition) is 6. The van der Waals surface area contributed by atoms with Crippen LogP contribution in [-0.4, -0.2) is 49.4 Å². The Hall–Kier alpha value is -2.53. The molecule has 0 spiro atoms. The van der Waals surface area contributed by atoms with Crippen molar-refractivity contribution in [1.82, 2.24) is 8.87 Å². The number of halogens is 1. The molecule has 0 bridgehead atoms. The number of carbonyl (C=O) groups is 2. The Bertz CT molecular complexity index is 1460. The number of amides is 1. The van der Waals surface area contributed by atoms with E-state index in [4.69, 9.17) is 16.3 Å². The number of aromatic nitrogens is 1. The minimum Gasteiger partial charge on any atom is -0.468 e. The Morgan fingerprint density at radius 2 is 1.91 bits per heavy atom. The Morgan fingerprint density at radius 1 is 1.20 bits per heavy atom. The highest BCUT2D eigenvalue weighted by Gasteiger charge is 2.28. The van der Waals surface area contributed by atoms with Crippen molar-refractivity contribution >= 4 is 55.1 Å². The molecular formula is C24H26ClN3O5S2. The molecule has 1 amide bonds. The Kier molecular flexibility index (Phi) is 7.46. The maximum absolute atomic E-state index is 13.0. The van der Waals surface area contributed by atoms with Crippen molar-refractivity contribution < 1.29 is 22.7 Å². The van der Waals surface area contributed by atoms with Crippen molar-refractivity contribution in [2.75, 3.05) is 20.2 Å². The molecule has 1 unspecified atom stereocenters. The number of carbonyl (C=O) groups excluding carboxylic acids is 2. The summed E-state index contributed by atoms with van der Waals surface area (Å²) in [6.07, 6.45) is 1.85. The molecule has 8 nitrogen and oxygen atoms in total. The highest BCUT2D eigenvalue weighted by atomic mass is 35.5. The average Bonchev–Trinajstić information content (AvgIpc) is 3.18. The van der Waals surface area contributed by atoms with Gasteiger partial charge in [-0.05, 0) is 67.6 Å². The lowest BCUT2D eigenvalue weighted by Crippen LogP contribution is -2.39. The fourth-order valence-electron chi connectivity index (χ4n) is 4.18. The van der Waals surface area contributed by atoms with Crippen molar-refractivity contribution in [2.45, 2.75) is 38.1 Å². The topological polar surface area (TPSA) is 98.0 Å². The predicted molar refractivity (Wildman–Crippen MR) is 135 cm³/mol. The summed E-state index contributed by atoms with van der Waals surface area (Å²) in [5, 5.41) is 0.534. The number of piperidine rings is 1. The molecule has 0 saturated carbocycles. The first-order valence-corrected chi connectivity index (χ1v) is 13.8. The van der Waals surface area contributed by atoms with Gasteiger partial charge in [0.1, 0.15) is 6.54 Å². The van der Waals surface area contributed by atoms with Crippen molar-refractivity contribution in [3.8, 4) is 0 Å². The van der Waals surface area contributed by atoms with Gasteiger partial charge in [0.25, 0.3) is 5.91 Å². The third-order valence-corrected chi connectivity index (χ3v) is 9.43. The standard InChI is InChI=1S/C24H26ClN3O5S2/c1-15-5-4-12-27(13-15)35(31,32)18-8-6-17(7-9-18)23(30)26-24-28(14-21(29)33-3)22-16(2)19(25)10-11-20(22)34-24/h6-11,15H,4-5,12-14H2,1-3H3. The molecule has 3 aromatic rings. The number of thiazole rings is 1. The number of benzene rings is 2. The normalized spacial score (nSPS) is 17.6. The van der Waals surface area contributed by atoms with Crippen LogP contribution in [-0.2, 0) is 26.1 Å². The van der Waals surface area contributed by atoms with E-state index in [1.807, 2.05) is 19.9 Å². The summed E-state index contributed by atoms with van der Waals surface area (Å²) < 4.78 is 34.7. The molecule has 186 valence electrons. The summed E-state index contributed by atoms with van der Waals surface area (Å²) in [6.45, 7) is 4.74. The molecule has 1 atom stereocenters. The van der Waals surface area contributed by atoms with Crippen LogP contribution in [0.2, 0.25) is 5.02 Å². The summed E-state index contributed by atoms with van der Waals surface area (Å²) in [5.41, 5.74) is 1.71. The van der Waals surface area contributed by atoms with Gasteiger partial charge in [0, 0.05) is 23.7 Å². The van der Waals surface area contributed by atoms with Crippen LogP contribution in [0.3, 0.4) is 0 Å². The van der Waals surface area contributed by atoms with Crippen molar-refractivity contribution in [2.24, 2.45) is 10.9 Å². The second-order valence-electron chi connectivity index (χ2n) is 8.62. The van der Waals surface area contributed by atoms with Crippen LogP contribution in [0.4, 0.5) is 0 Å². The Balaban J connectivity index is 1.69. The summed E-state index contributed by atoms with van der Waals surface area (Å²) in [6, 6.07) is 9.38. The van der Waals surface area contributed by atoms with Gasteiger partial charge in [-0.15, -0.1) is 0 Å². The van der Waals surface area contributed by atoms with Crippen LogP contribution < -0.4 is 4.80 Å². The number of aryl methyl sites for hydroxylation is 1. The number of rotatable bonds is 5. The van der Waals surface area contributed by atoms with Gasteiger partial charge in [0.2, 0.25) is 10.0 Å². The number of methoxy groups -OCH3 is 1. The van der Waals surface area contributed by atoms with E-state index in [1.54, 1.807) is 10.6 Å². The number of hydrogen-bond donors (Lipinski definition) is 0. The van der Waals surface area contributed by atoms with Crippen molar-refractivity contribution in [1.29, 1.82) is 0 Å². The smallest absolute Gasteiger partial charge is 0.325 e. The zero-order valence-electron chi connectivity index (χ0n) is 19.7. The summed E-state index contributed by atoms with van der Waals surface area (Å²) in [4.78, 5) is 29.7. The fraction of sp³-hybridized carbons (Fsp3) is 0.375. The largest absolute Gasteiger partial charge is 0.468 e. The van der Waals surface area contributed by atoms with E-state index in [2.05, 4.69) is 4.99 Å². The van der Waals surface area contributed by atoms with Crippen LogP contribution in [0.15, 0.2) is 46.3 Å². The summed E-state index contributed by atoms with van der Waals surface area (Å²) in [7, 11) is -2.33. The molecule has 2 aromatic carbocycles. The quantitative estimate of drug-likeness (QED) is 0.460. The highest BCUT2D eigenvalue weighted by Crippen LogP contribution is 2.27. The van der Waals surface area contributed by atoms with Gasteiger partial charge in [-0.3, -0.25) is 9.59 Å². The molecule has 0 N–H and O–H groups in total. The first-order chi connectivity index (χ1) is 16.6. The molecule has 4 rings (SSSR count). The number of esters is 1. The third kappa shape index (κ3) is 5.20. The van der Waals surface area contributed by atoms with Gasteiger partial charge in [-0.1, -0.05) is 29.9 Å². The Labute approximate surface area is 212 Å². The highest BCUT2D eigenvalue weighted by molar-refractivity contribution is 7.89. The molecule has 1 aromatic heterocycles. The minimum absolute atomic E-state index is 0.130. The number of ether oxygens (including phenoxy) is 1. The number of fused-ring (bicyclic) bond motifs is 1. The lowest BCUT2D eigenvalue weighted by molar-refractivity contribution is -0.141.